The van der Waals surface area contributed by atoms with Crippen LogP contribution in [-0.4, -0.2) is 166 Å². The Morgan fingerprint density at radius 3 is 1.97 bits per heavy atom. The summed E-state index contributed by atoms with van der Waals surface area (Å²) in [5.41, 5.74) is 7.53. The molecule has 0 aromatic carbocycles. The lowest BCUT2D eigenvalue weighted by atomic mass is 9.82. The highest BCUT2D eigenvalue weighted by Gasteiger charge is 2.51. The number of aliphatic hydroxyl groups excluding tert-OH is 9. The lowest BCUT2D eigenvalue weighted by molar-refractivity contribution is -0.309. The summed E-state index contributed by atoms with van der Waals surface area (Å²) in [5.74, 6) is -6.33. The van der Waals surface area contributed by atoms with Gasteiger partial charge in [0.2, 0.25) is 0 Å². The van der Waals surface area contributed by atoms with Gasteiger partial charge in [0, 0.05) is 31.1 Å². The number of aliphatic hydroxyl groups is 10. The first kappa shape index (κ1) is 57.1. The first-order valence-corrected chi connectivity index (χ1v) is 22.9. The summed E-state index contributed by atoms with van der Waals surface area (Å²) >= 11 is 0. The van der Waals surface area contributed by atoms with E-state index in [4.69, 9.17) is 24.7 Å². The maximum absolute atomic E-state index is 12.9. The zero-order valence-corrected chi connectivity index (χ0v) is 38.3. The molecule has 66 heavy (non-hydrogen) atoms. The van der Waals surface area contributed by atoms with Crippen LogP contribution < -0.4 is 11.2 Å². The van der Waals surface area contributed by atoms with Crippen molar-refractivity contribution in [3.05, 3.63) is 72.9 Å². The lowest BCUT2D eigenvalue weighted by Crippen LogP contribution is -2.62. The highest BCUT2D eigenvalue weighted by molar-refractivity contribution is 5.78. The van der Waals surface area contributed by atoms with Gasteiger partial charge in [-0.25, -0.2) is 5.48 Å². The molecular weight excluding hydrogens is 865 g/mol. The van der Waals surface area contributed by atoms with E-state index in [1.807, 2.05) is 49.5 Å². The smallest absolute Gasteiger partial charge is 0.308 e. The van der Waals surface area contributed by atoms with Gasteiger partial charge in [0.1, 0.15) is 12.2 Å². The monoisotopic (exact) mass is 941 g/mol. The van der Waals surface area contributed by atoms with Crippen molar-refractivity contribution >= 4 is 11.9 Å². The molecule has 3 heterocycles. The maximum atomic E-state index is 12.9. The van der Waals surface area contributed by atoms with Crippen LogP contribution in [0.15, 0.2) is 72.9 Å². The Morgan fingerprint density at radius 1 is 0.712 bits per heavy atom. The summed E-state index contributed by atoms with van der Waals surface area (Å²) in [5, 5.41) is 118. The number of fused-ring (bicyclic) bond motifs is 2. The van der Waals surface area contributed by atoms with E-state index < -0.39 is 140 Å². The van der Waals surface area contributed by atoms with Gasteiger partial charge in [-0.1, -0.05) is 86.8 Å². The van der Waals surface area contributed by atoms with Crippen LogP contribution in [0.25, 0.3) is 0 Å². The summed E-state index contributed by atoms with van der Waals surface area (Å²) in [6, 6.07) is -1.15. The van der Waals surface area contributed by atoms with E-state index in [0.29, 0.717) is 0 Å². The molecule has 2 fully saturated rings. The van der Waals surface area contributed by atoms with E-state index in [-0.39, 0.29) is 38.0 Å². The van der Waals surface area contributed by atoms with Gasteiger partial charge in [0.05, 0.1) is 85.5 Å². The number of allylic oxidation sites excluding steroid dienone is 10. The summed E-state index contributed by atoms with van der Waals surface area (Å²) in [4.78, 5) is 25.6. The summed E-state index contributed by atoms with van der Waals surface area (Å²) in [6.45, 7) is 6.78. The third-order valence-electron chi connectivity index (χ3n) is 12.4. The second kappa shape index (κ2) is 28.3. The Hall–Kier alpha value is -3.22. The predicted molar refractivity (Wildman–Crippen MR) is 239 cm³/mol. The molecular formula is C47H76N2O17. The minimum atomic E-state index is -2.35. The molecule has 1 amide bonds. The van der Waals surface area contributed by atoms with Gasteiger partial charge in [-0.05, 0) is 52.4 Å². The Labute approximate surface area is 387 Å². The Morgan fingerprint density at radius 2 is 1.30 bits per heavy atom. The highest BCUT2D eigenvalue weighted by Crippen LogP contribution is 2.38. The summed E-state index contributed by atoms with van der Waals surface area (Å²) in [7, 11) is 0. The van der Waals surface area contributed by atoms with E-state index >= 15 is 0 Å². The van der Waals surface area contributed by atoms with Crippen molar-refractivity contribution in [2.45, 2.75) is 189 Å². The second-order valence-corrected chi connectivity index (χ2v) is 18.0. The van der Waals surface area contributed by atoms with Gasteiger partial charge >= 0.3 is 5.97 Å². The van der Waals surface area contributed by atoms with Crippen molar-refractivity contribution in [3.8, 4) is 0 Å². The van der Waals surface area contributed by atoms with Crippen molar-refractivity contribution in [1.29, 1.82) is 0 Å². The number of hydrogen-bond acceptors (Lipinski definition) is 18. The van der Waals surface area contributed by atoms with E-state index in [1.165, 1.54) is 18.5 Å². The highest BCUT2D eigenvalue weighted by atomic mass is 16.7. The fraction of sp³-hybridized carbons (Fsp3) is 0.702. The number of nitrogens with one attached hydrogen (secondary N) is 1. The molecule has 0 aliphatic carbocycles. The molecule has 376 valence electrons. The SMILES string of the molecule is C[C@@H]1[C@H](O)[C@@H](C)/C=C/C=C/CC/C=C/C=C/C=C/C=C/[C@H](O[C@@H]2O[C@H](C)[C@@H](O)[C@H](N)[C@@H]2O)C[C@@H]2O[C@](O)(C[C@@H](O)[C@H](O)CC[C@@H](O)C[C@@H](O)C[C@@H](O)CC(=O)O[C@H]1C)C[C@H](O)[C@H]2C(=O)NO. The van der Waals surface area contributed by atoms with Crippen molar-refractivity contribution in [1.82, 2.24) is 5.48 Å². The average molecular weight is 941 g/mol. The Kier molecular flexibility index (Phi) is 24.5. The minimum absolute atomic E-state index is 0.140. The van der Waals surface area contributed by atoms with Crippen molar-refractivity contribution in [2.24, 2.45) is 23.5 Å². The molecule has 3 rings (SSSR count). The van der Waals surface area contributed by atoms with Crippen LogP contribution in [0.4, 0.5) is 0 Å². The van der Waals surface area contributed by atoms with Gasteiger partial charge in [-0.2, -0.15) is 0 Å². The van der Waals surface area contributed by atoms with Crippen LogP contribution >= 0.6 is 0 Å². The normalized spacial score (nSPS) is 44.7. The molecule has 0 radical (unpaired) electrons. The molecule has 0 aromatic heterocycles. The molecule has 0 aromatic rings. The molecule has 3 aliphatic heterocycles. The molecule has 0 spiro atoms. The number of carbonyl (C=O) groups excluding carboxylic acids is 2. The van der Waals surface area contributed by atoms with Crippen molar-refractivity contribution in [3.63, 3.8) is 0 Å². The topological polar surface area (TPSA) is 332 Å². The second-order valence-electron chi connectivity index (χ2n) is 18.0. The van der Waals surface area contributed by atoms with E-state index in [0.717, 1.165) is 12.8 Å². The zero-order chi connectivity index (χ0) is 49.1. The summed E-state index contributed by atoms with van der Waals surface area (Å²) in [6.07, 6.45) is 2.36. The lowest BCUT2D eigenvalue weighted by Gasteiger charge is -2.46. The van der Waals surface area contributed by atoms with Crippen molar-refractivity contribution < 1.29 is 84.8 Å². The first-order chi connectivity index (χ1) is 31.2. The molecule has 14 N–H and O–H groups in total. The van der Waals surface area contributed by atoms with Crippen LogP contribution in [-0.2, 0) is 28.5 Å². The molecule has 2 bridgehead atoms. The standard InChI is InChI=1S/C47H76N2O17/c1-27-17-15-13-11-9-7-5-6-8-10-12-14-16-18-34(65-46-44(59)41(48)43(58)30(4)64-46)24-38-40(45(60)49-62)37(55)26-47(61,66-38)25-36(54)35(53)20-19-31(50)21-32(51)22-33(52)23-39(56)63-29(3)28(2)42(27)57/h5-6,8,10-18,27-38,40-44,46,50-55,57-59,61-62H,7,9,19-26,48H2,1-4H3,(H,49,60)/b6-5+,10-8+,13-11+,14-12+,17-15+,18-16+/t27-,28-,29-,30+,31+,32+,33+,34-,35+,36+,37-,38-,40+,41-,42+,43+,44-,46-,47+/m0/s1. The fourth-order valence-corrected chi connectivity index (χ4v) is 8.21. The minimum Gasteiger partial charge on any atom is -0.462 e. The zero-order valence-electron chi connectivity index (χ0n) is 38.3. The third-order valence-corrected chi connectivity index (χ3v) is 12.4. The molecule has 0 unspecified atom stereocenters. The van der Waals surface area contributed by atoms with Crippen LogP contribution in [0.2, 0.25) is 0 Å². The van der Waals surface area contributed by atoms with Crippen LogP contribution in [0.5, 0.6) is 0 Å². The number of amides is 1. The number of ether oxygens (including phenoxy) is 4. The number of esters is 1. The van der Waals surface area contributed by atoms with E-state index in [2.05, 4.69) is 0 Å². The number of rotatable bonds is 3. The van der Waals surface area contributed by atoms with Crippen molar-refractivity contribution in [2.75, 3.05) is 0 Å². The van der Waals surface area contributed by atoms with E-state index in [9.17, 15) is 65.9 Å². The van der Waals surface area contributed by atoms with Gasteiger partial charge in [0.15, 0.2) is 12.1 Å². The molecule has 19 atom stereocenters. The van der Waals surface area contributed by atoms with Gasteiger partial charge < -0.3 is 75.7 Å². The van der Waals surface area contributed by atoms with Gasteiger partial charge in [-0.3, -0.25) is 14.8 Å². The first-order valence-electron chi connectivity index (χ1n) is 22.9. The third kappa shape index (κ3) is 18.7. The predicted octanol–water partition coefficient (Wildman–Crippen LogP) is 0.357. The number of cyclic esters (lactones) is 1. The molecule has 19 heteroatoms. The molecule has 2 saturated heterocycles. The molecule has 3 aliphatic rings. The van der Waals surface area contributed by atoms with Crippen LogP contribution in [0, 0.1) is 17.8 Å². The number of carbonyl (C=O) groups is 2. The van der Waals surface area contributed by atoms with Crippen LogP contribution in [0.3, 0.4) is 0 Å². The number of hydroxylamine groups is 1. The van der Waals surface area contributed by atoms with Gasteiger partial charge in [-0.15, -0.1) is 0 Å². The van der Waals surface area contributed by atoms with E-state index in [1.54, 1.807) is 38.2 Å². The maximum Gasteiger partial charge on any atom is 0.308 e. The summed E-state index contributed by atoms with van der Waals surface area (Å²) < 4.78 is 23.3. The largest absolute Gasteiger partial charge is 0.462 e. The van der Waals surface area contributed by atoms with Crippen LogP contribution in [0.1, 0.15) is 91.9 Å². The average Bonchev–Trinajstić information content (AvgIpc) is 3.24. The Balaban J connectivity index is 1.86. The number of nitrogens with two attached hydrogens (primary N) is 1. The number of hydrogen-bond donors (Lipinski definition) is 13. The molecule has 19 nitrogen and oxygen atoms in total. The fourth-order valence-electron chi connectivity index (χ4n) is 8.21. The molecule has 0 saturated carbocycles. The van der Waals surface area contributed by atoms with Gasteiger partial charge in [0.25, 0.3) is 5.91 Å². The quantitative estimate of drug-likeness (QED) is 0.103. The Bertz CT molecular complexity index is 1640.